The van der Waals surface area contributed by atoms with E-state index in [1.165, 1.54) is 11.3 Å². The van der Waals surface area contributed by atoms with Crippen LogP contribution in [0.3, 0.4) is 0 Å². The molecule has 1 N–H and O–H groups in total. The van der Waals surface area contributed by atoms with Crippen molar-refractivity contribution in [3.63, 3.8) is 0 Å². The Morgan fingerprint density at radius 3 is 2.95 bits per heavy atom. The molecule has 6 nitrogen and oxygen atoms in total. The highest BCUT2D eigenvalue weighted by molar-refractivity contribution is 7.15. The molecule has 0 bridgehead atoms. The number of nitrogens with one attached hydrogen (secondary N) is 1. The van der Waals surface area contributed by atoms with Crippen LogP contribution in [0, 0.1) is 6.92 Å². The number of amides is 1. The Labute approximate surface area is 113 Å². The summed E-state index contributed by atoms with van der Waals surface area (Å²) in [5.41, 5.74) is 1.35. The third-order valence-electron chi connectivity index (χ3n) is 2.63. The Kier molecular flexibility index (Phi) is 2.75. The number of carbonyl (C=O) groups excluding carboxylic acids is 1. The van der Waals surface area contributed by atoms with Crippen LogP contribution in [0.4, 0.5) is 5.13 Å². The molecule has 1 aromatic carbocycles. The lowest BCUT2D eigenvalue weighted by atomic mass is 10.1. The fourth-order valence-electron chi connectivity index (χ4n) is 1.80. The highest BCUT2D eigenvalue weighted by atomic mass is 32.1. The van der Waals surface area contributed by atoms with Crippen molar-refractivity contribution in [3.05, 3.63) is 35.0 Å². The van der Waals surface area contributed by atoms with E-state index in [0.29, 0.717) is 10.7 Å². The lowest BCUT2D eigenvalue weighted by Crippen LogP contribution is -2.11. The Bertz CT molecular complexity index is 760. The first kappa shape index (κ1) is 11.8. The maximum atomic E-state index is 12.1. The van der Waals surface area contributed by atoms with Crippen LogP contribution in [0.1, 0.15) is 15.4 Å². The molecule has 96 valence electrons. The second kappa shape index (κ2) is 4.43. The van der Waals surface area contributed by atoms with Crippen LogP contribution in [0.2, 0.25) is 0 Å². The molecule has 0 atom stereocenters. The number of nitrogens with zero attached hydrogens (tertiary/aromatic N) is 4. The Morgan fingerprint density at radius 1 is 1.37 bits per heavy atom. The minimum atomic E-state index is -0.205. The number of anilines is 1. The number of hydrogen-bond donors (Lipinski definition) is 1. The van der Waals surface area contributed by atoms with Crippen molar-refractivity contribution in [1.29, 1.82) is 0 Å². The summed E-state index contributed by atoms with van der Waals surface area (Å²) >= 11 is 1.34. The predicted octanol–water partition coefficient (Wildman–Crippen LogP) is 1.99. The van der Waals surface area contributed by atoms with Gasteiger partial charge in [-0.3, -0.25) is 14.8 Å². The van der Waals surface area contributed by atoms with E-state index in [4.69, 9.17) is 0 Å². The molecular weight excluding hydrogens is 262 g/mol. The number of aryl methyl sites for hydroxylation is 2. The number of aromatic nitrogens is 4. The summed E-state index contributed by atoms with van der Waals surface area (Å²) in [6.45, 7) is 1.84. The molecular formula is C12H11N5OS. The van der Waals surface area contributed by atoms with E-state index in [-0.39, 0.29) is 5.91 Å². The smallest absolute Gasteiger partial charge is 0.257 e. The van der Waals surface area contributed by atoms with Crippen LogP contribution in [0.15, 0.2) is 24.4 Å². The summed E-state index contributed by atoms with van der Waals surface area (Å²) in [6.07, 6.45) is 1.91. The molecule has 0 radical (unpaired) electrons. The molecule has 0 aliphatic rings. The molecule has 0 fully saturated rings. The molecule has 1 amide bonds. The van der Waals surface area contributed by atoms with E-state index in [0.717, 1.165) is 15.9 Å². The van der Waals surface area contributed by atoms with Crippen LogP contribution >= 0.6 is 11.3 Å². The van der Waals surface area contributed by atoms with Crippen molar-refractivity contribution < 1.29 is 4.79 Å². The molecule has 7 heteroatoms. The Balaban J connectivity index is 1.88. The highest BCUT2D eigenvalue weighted by Crippen LogP contribution is 2.17. The zero-order valence-corrected chi connectivity index (χ0v) is 11.2. The monoisotopic (exact) mass is 273 g/mol. The average molecular weight is 273 g/mol. The summed E-state index contributed by atoms with van der Waals surface area (Å²) in [5.74, 6) is -0.205. The average Bonchev–Trinajstić information content (AvgIpc) is 2.93. The molecule has 0 spiro atoms. The van der Waals surface area contributed by atoms with Gasteiger partial charge in [0.1, 0.15) is 5.01 Å². The molecule has 3 rings (SSSR count). The molecule has 0 aliphatic heterocycles. The Morgan fingerprint density at radius 2 is 2.21 bits per heavy atom. The topological polar surface area (TPSA) is 72.7 Å². The lowest BCUT2D eigenvalue weighted by Gasteiger charge is -2.00. The van der Waals surface area contributed by atoms with Gasteiger partial charge >= 0.3 is 0 Å². The lowest BCUT2D eigenvalue weighted by molar-refractivity contribution is 0.102. The van der Waals surface area contributed by atoms with Gasteiger partial charge in [0.05, 0.1) is 5.52 Å². The quantitative estimate of drug-likeness (QED) is 0.775. The first-order chi connectivity index (χ1) is 9.11. The highest BCUT2D eigenvalue weighted by Gasteiger charge is 2.10. The number of hydrogen-bond acceptors (Lipinski definition) is 5. The van der Waals surface area contributed by atoms with Crippen LogP contribution in [0.5, 0.6) is 0 Å². The first-order valence-electron chi connectivity index (χ1n) is 5.67. The summed E-state index contributed by atoms with van der Waals surface area (Å²) in [5, 5.41) is 17.0. The van der Waals surface area contributed by atoms with Gasteiger partial charge in [0.2, 0.25) is 5.13 Å². The molecule has 0 aliphatic carbocycles. The van der Waals surface area contributed by atoms with E-state index in [9.17, 15) is 4.79 Å². The number of benzene rings is 1. The molecule has 0 saturated carbocycles. The van der Waals surface area contributed by atoms with Crippen molar-refractivity contribution in [1.82, 2.24) is 20.0 Å². The van der Waals surface area contributed by atoms with E-state index < -0.39 is 0 Å². The fraction of sp³-hybridized carbons (Fsp3) is 0.167. The molecule has 19 heavy (non-hydrogen) atoms. The second-order valence-electron chi connectivity index (χ2n) is 4.16. The van der Waals surface area contributed by atoms with Crippen LogP contribution in [0.25, 0.3) is 10.9 Å². The summed E-state index contributed by atoms with van der Waals surface area (Å²) in [7, 11) is 1.85. The summed E-state index contributed by atoms with van der Waals surface area (Å²) in [6, 6.07) is 5.41. The predicted molar refractivity (Wildman–Crippen MR) is 73.3 cm³/mol. The fourth-order valence-corrected chi connectivity index (χ4v) is 2.38. The van der Waals surface area contributed by atoms with Crippen molar-refractivity contribution in [2.45, 2.75) is 6.92 Å². The Hall–Kier alpha value is -2.28. The van der Waals surface area contributed by atoms with E-state index in [1.807, 2.05) is 26.2 Å². The zero-order valence-electron chi connectivity index (χ0n) is 10.4. The SMILES string of the molecule is Cc1nnc(NC(=O)c2ccc3cn(C)nc3c2)s1. The van der Waals surface area contributed by atoms with Gasteiger partial charge in [-0.2, -0.15) is 5.10 Å². The van der Waals surface area contributed by atoms with Crippen molar-refractivity contribution in [3.8, 4) is 0 Å². The maximum absolute atomic E-state index is 12.1. The molecule has 0 saturated heterocycles. The van der Waals surface area contributed by atoms with Crippen molar-refractivity contribution in [2.24, 2.45) is 7.05 Å². The minimum Gasteiger partial charge on any atom is -0.296 e. The molecule has 3 aromatic rings. The second-order valence-corrected chi connectivity index (χ2v) is 5.34. The van der Waals surface area contributed by atoms with Gasteiger partial charge in [-0.25, -0.2) is 0 Å². The van der Waals surface area contributed by atoms with Gasteiger partial charge < -0.3 is 0 Å². The first-order valence-corrected chi connectivity index (χ1v) is 6.48. The van der Waals surface area contributed by atoms with Crippen LogP contribution in [-0.2, 0) is 7.05 Å². The minimum absolute atomic E-state index is 0.205. The van der Waals surface area contributed by atoms with Gasteiger partial charge in [0.25, 0.3) is 5.91 Å². The normalized spacial score (nSPS) is 10.8. The van der Waals surface area contributed by atoms with Crippen LogP contribution < -0.4 is 5.32 Å². The van der Waals surface area contributed by atoms with E-state index in [1.54, 1.807) is 16.8 Å². The largest absolute Gasteiger partial charge is 0.296 e. The summed E-state index contributed by atoms with van der Waals surface area (Å²) in [4.78, 5) is 12.1. The van der Waals surface area contributed by atoms with E-state index in [2.05, 4.69) is 20.6 Å². The van der Waals surface area contributed by atoms with Gasteiger partial charge in [-0.05, 0) is 19.1 Å². The van der Waals surface area contributed by atoms with Crippen molar-refractivity contribution in [2.75, 3.05) is 5.32 Å². The molecule has 0 unspecified atom stereocenters. The number of rotatable bonds is 2. The van der Waals surface area contributed by atoms with Crippen LogP contribution in [-0.4, -0.2) is 25.9 Å². The van der Waals surface area contributed by atoms with Gasteiger partial charge in [0.15, 0.2) is 0 Å². The molecule has 2 heterocycles. The van der Waals surface area contributed by atoms with Gasteiger partial charge in [-0.1, -0.05) is 17.4 Å². The van der Waals surface area contributed by atoms with Gasteiger partial charge in [-0.15, -0.1) is 10.2 Å². The van der Waals surface area contributed by atoms with Crippen molar-refractivity contribution >= 4 is 33.3 Å². The maximum Gasteiger partial charge on any atom is 0.257 e. The standard InChI is InChI=1S/C12H11N5OS/c1-7-14-15-12(19-7)13-11(18)8-3-4-9-6-17(2)16-10(9)5-8/h3-6H,1-2H3,(H,13,15,18). The molecule has 2 aromatic heterocycles. The number of carbonyl (C=O) groups is 1. The van der Waals surface area contributed by atoms with Gasteiger partial charge in [0, 0.05) is 24.2 Å². The summed E-state index contributed by atoms with van der Waals surface area (Å²) < 4.78 is 1.72. The zero-order chi connectivity index (χ0) is 13.4. The number of fused-ring (bicyclic) bond motifs is 1. The van der Waals surface area contributed by atoms with E-state index >= 15 is 0 Å². The third-order valence-corrected chi connectivity index (χ3v) is 3.38. The third kappa shape index (κ3) is 2.32.